The van der Waals surface area contributed by atoms with Crippen LogP contribution < -0.4 is 4.74 Å². The van der Waals surface area contributed by atoms with Gasteiger partial charge < -0.3 is 14.5 Å². The molecule has 30 heavy (non-hydrogen) atoms. The van der Waals surface area contributed by atoms with E-state index < -0.39 is 5.82 Å². The number of amidine groups is 1. The zero-order valence-electron chi connectivity index (χ0n) is 18.0. The molecule has 1 spiro atoms. The fourth-order valence-corrected chi connectivity index (χ4v) is 4.75. The summed E-state index contributed by atoms with van der Waals surface area (Å²) in [5.74, 6) is -0.0686. The molecule has 0 bridgehead atoms. The van der Waals surface area contributed by atoms with Gasteiger partial charge in [-0.25, -0.2) is 9.38 Å². The second kappa shape index (κ2) is 8.53. The van der Waals surface area contributed by atoms with E-state index in [0.717, 1.165) is 44.3 Å². The smallest absolute Gasteiger partial charge is 0.257 e. The summed E-state index contributed by atoms with van der Waals surface area (Å²) in [4.78, 5) is 20.5. The molecule has 1 saturated heterocycles. The van der Waals surface area contributed by atoms with E-state index in [2.05, 4.69) is 11.9 Å². The van der Waals surface area contributed by atoms with Gasteiger partial charge in [0.15, 0.2) is 5.84 Å². The predicted molar refractivity (Wildman–Crippen MR) is 115 cm³/mol. The molecular weight excluding hydrogens is 385 g/mol. The summed E-state index contributed by atoms with van der Waals surface area (Å²) in [7, 11) is 0. The molecular formula is C22H30FN5O2. The molecule has 0 unspecified atom stereocenters. The van der Waals surface area contributed by atoms with Crippen LogP contribution in [0.4, 0.5) is 4.39 Å². The first-order valence-electron chi connectivity index (χ1n) is 10.4. The van der Waals surface area contributed by atoms with Crippen LogP contribution in [0.3, 0.4) is 0 Å². The maximum Gasteiger partial charge on any atom is 0.257 e. The van der Waals surface area contributed by atoms with Gasteiger partial charge in [-0.2, -0.15) is 0 Å². The van der Waals surface area contributed by atoms with Crippen molar-refractivity contribution < 1.29 is 13.9 Å². The Morgan fingerprint density at radius 3 is 2.63 bits per heavy atom. The zero-order chi connectivity index (χ0) is 22.1. The highest BCUT2D eigenvalue weighted by molar-refractivity contribution is 6.38. The third-order valence-electron chi connectivity index (χ3n) is 5.91. The molecule has 1 aliphatic carbocycles. The number of benzene rings is 1. The summed E-state index contributed by atoms with van der Waals surface area (Å²) >= 11 is 0. The van der Waals surface area contributed by atoms with Gasteiger partial charge in [0.2, 0.25) is 0 Å². The summed E-state index contributed by atoms with van der Waals surface area (Å²) in [5.41, 5.74) is 0.357. The van der Waals surface area contributed by atoms with Crippen molar-refractivity contribution >= 4 is 24.0 Å². The predicted octanol–water partition coefficient (Wildman–Crippen LogP) is 3.79. The van der Waals surface area contributed by atoms with Gasteiger partial charge in [0.1, 0.15) is 17.9 Å². The Morgan fingerprint density at radius 1 is 1.43 bits per heavy atom. The SMILES string of the molecule is CCN(C(=O)c1cc(F)ccc1OC(=N)C(=NC=N)N1CC2(CC(C)C2)C1)C(C)C. The number of hydrogen-bond donors (Lipinski definition) is 2. The van der Waals surface area contributed by atoms with E-state index in [1.807, 2.05) is 25.7 Å². The number of aliphatic imine (C=N–C) groups is 1. The molecule has 8 heteroatoms. The van der Waals surface area contributed by atoms with Crippen molar-refractivity contribution in [3.05, 3.63) is 29.6 Å². The molecule has 1 heterocycles. The third kappa shape index (κ3) is 4.22. The zero-order valence-corrected chi connectivity index (χ0v) is 18.0. The minimum Gasteiger partial charge on any atom is -0.435 e. The van der Waals surface area contributed by atoms with Gasteiger partial charge in [0.05, 0.1) is 5.56 Å². The molecule has 7 nitrogen and oxygen atoms in total. The number of nitrogens with one attached hydrogen (secondary N) is 2. The first kappa shape index (κ1) is 21.9. The Morgan fingerprint density at radius 2 is 2.10 bits per heavy atom. The fraction of sp³-hybridized carbons (Fsp3) is 0.545. The molecule has 1 aromatic rings. The number of carbonyl (C=O) groups excluding carboxylic acids is 1. The van der Waals surface area contributed by atoms with Gasteiger partial charge in [-0.1, -0.05) is 6.92 Å². The Bertz CT molecular complexity index is 868. The highest BCUT2D eigenvalue weighted by atomic mass is 19.1. The van der Waals surface area contributed by atoms with Crippen LogP contribution in [0.5, 0.6) is 5.75 Å². The minimum absolute atomic E-state index is 0.0600. The summed E-state index contributed by atoms with van der Waals surface area (Å²) in [6, 6.07) is 3.64. The van der Waals surface area contributed by atoms with E-state index in [-0.39, 0.29) is 35.0 Å². The molecule has 2 N–H and O–H groups in total. The Hall–Kier alpha value is -2.77. The summed E-state index contributed by atoms with van der Waals surface area (Å²) in [5, 5.41) is 15.8. The standard InChI is InChI=1S/C22H30FN5O2/c1-5-28(14(2)3)21(29)17-8-16(23)6-7-18(17)30-19(25)20(26-13-24)27-11-22(12-27)9-15(4)10-22/h6-8,13-15,24-25H,5,9-12H2,1-4H3. The molecule has 162 valence electrons. The molecule has 2 fully saturated rings. The largest absolute Gasteiger partial charge is 0.435 e. The Balaban J connectivity index is 1.79. The van der Waals surface area contributed by atoms with Crippen molar-refractivity contribution in [2.45, 2.75) is 46.6 Å². The molecule has 1 aromatic carbocycles. The maximum absolute atomic E-state index is 13.9. The van der Waals surface area contributed by atoms with E-state index in [9.17, 15) is 9.18 Å². The van der Waals surface area contributed by atoms with Crippen LogP contribution in [-0.4, -0.2) is 59.5 Å². The van der Waals surface area contributed by atoms with Crippen molar-refractivity contribution in [1.29, 1.82) is 10.8 Å². The van der Waals surface area contributed by atoms with Crippen LogP contribution in [-0.2, 0) is 0 Å². The highest BCUT2D eigenvalue weighted by Gasteiger charge is 2.52. The van der Waals surface area contributed by atoms with E-state index >= 15 is 0 Å². The van der Waals surface area contributed by atoms with Gasteiger partial charge in [-0.15, -0.1) is 0 Å². The lowest BCUT2D eigenvalue weighted by molar-refractivity contribution is -0.0528. The molecule has 0 atom stereocenters. The molecule has 1 amide bonds. The van der Waals surface area contributed by atoms with Gasteiger partial charge >= 0.3 is 0 Å². The lowest BCUT2D eigenvalue weighted by Crippen LogP contribution is -2.64. The molecule has 3 rings (SSSR count). The van der Waals surface area contributed by atoms with Gasteiger partial charge in [-0.3, -0.25) is 15.6 Å². The van der Waals surface area contributed by atoms with E-state index in [4.69, 9.17) is 15.6 Å². The number of ether oxygens (including phenoxy) is 1. The van der Waals surface area contributed by atoms with E-state index in [1.165, 1.54) is 12.1 Å². The lowest BCUT2D eigenvalue weighted by Gasteiger charge is -2.59. The number of carbonyl (C=O) groups is 1. The average Bonchev–Trinajstić information content (AvgIpc) is 2.63. The lowest BCUT2D eigenvalue weighted by atomic mass is 9.58. The van der Waals surface area contributed by atoms with Crippen molar-refractivity contribution in [1.82, 2.24) is 9.80 Å². The van der Waals surface area contributed by atoms with E-state index in [0.29, 0.717) is 12.0 Å². The number of rotatable bonds is 5. The average molecular weight is 416 g/mol. The van der Waals surface area contributed by atoms with Crippen LogP contribution in [0.25, 0.3) is 0 Å². The topological polar surface area (TPSA) is 92.8 Å². The minimum atomic E-state index is -0.547. The van der Waals surface area contributed by atoms with Gasteiger partial charge in [-0.05, 0) is 57.7 Å². The molecule has 1 aliphatic heterocycles. The summed E-state index contributed by atoms with van der Waals surface area (Å²) in [6.07, 6.45) is 3.21. The number of likely N-dealkylation sites (tertiary alicyclic amines) is 1. The number of hydrogen-bond acceptors (Lipinski definition) is 4. The summed E-state index contributed by atoms with van der Waals surface area (Å²) in [6.45, 7) is 9.89. The van der Waals surface area contributed by atoms with Crippen molar-refractivity contribution in [3.63, 3.8) is 0 Å². The van der Waals surface area contributed by atoms with Crippen LogP contribution in [0.15, 0.2) is 23.2 Å². The summed E-state index contributed by atoms with van der Waals surface area (Å²) < 4.78 is 19.6. The molecule has 1 saturated carbocycles. The second-order valence-corrected chi connectivity index (χ2v) is 8.71. The normalized spacial score (nSPS) is 18.1. The van der Waals surface area contributed by atoms with Crippen LogP contribution in [0.2, 0.25) is 0 Å². The van der Waals surface area contributed by atoms with E-state index in [1.54, 1.807) is 4.90 Å². The van der Waals surface area contributed by atoms with Gasteiger partial charge in [0, 0.05) is 31.1 Å². The van der Waals surface area contributed by atoms with Crippen molar-refractivity contribution in [2.24, 2.45) is 16.3 Å². The number of halogens is 1. The van der Waals surface area contributed by atoms with Crippen molar-refractivity contribution in [2.75, 3.05) is 19.6 Å². The third-order valence-corrected chi connectivity index (χ3v) is 5.91. The number of nitrogens with zero attached hydrogens (tertiary/aromatic N) is 3. The molecule has 0 radical (unpaired) electrons. The van der Waals surface area contributed by atoms with Crippen molar-refractivity contribution in [3.8, 4) is 5.75 Å². The maximum atomic E-state index is 13.9. The van der Waals surface area contributed by atoms with Crippen LogP contribution in [0, 0.1) is 28.0 Å². The first-order valence-corrected chi connectivity index (χ1v) is 10.4. The Labute approximate surface area is 176 Å². The fourth-order valence-electron chi connectivity index (χ4n) is 4.75. The van der Waals surface area contributed by atoms with Gasteiger partial charge in [0.25, 0.3) is 11.8 Å². The monoisotopic (exact) mass is 415 g/mol. The second-order valence-electron chi connectivity index (χ2n) is 8.71. The Kier molecular flexibility index (Phi) is 6.24. The van der Waals surface area contributed by atoms with Crippen LogP contribution >= 0.6 is 0 Å². The highest BCUT2D eigenvalue weighted by Crippen LogP contribution is 2.51. The quantitative estimate of drug-likeness (QED) is 0.566. The van der Waals surface area contributed by atoms with Crippen LogP contribution in [0.1, 0.15) is 50.9 Å². The number of amides is 1. The molecule has 0 aromatic heterocycles. The first-order chi connectivity index (χ1) is 14.2. The molecule has 2 aliphatic rings.